The molecule has 1 aromatic rings. The quantitative estimate of drug-likeness (QED) is 0.702. The fourth-order valence-corrected chi connectivity index (χ4v) is 1.07. The predicted molar refractivity (Wildman–Crippen MR) is 58.6 cm³/mol. The third-order valence-corrected chi connectivity index (χ3v) is 1.78. The van der Waals surface area contributed by atoms with Gasteiger partial charge in [-0.2, -0.15) is 0 Å². The molecule has 80 valence electrons. The van der Waals surface area contributed by atoms with Crippen molar-refractivity contribution in [1.29, 1.82) is 0 Å². The molecule has 5 heteroatoms. The van der Waals surface area contributed by atoms with Gasteiger partial charge in [-0.15, -0.1) is 0 Å². The van der Waals surface area contributed by atoms with E-state index in [9.17, 15) is 9.59 Å². The molecule has 3 amide bonds. The second-order valence-electron chi connectivity index (χ2n) is 2.94. The maximum absolute atomic E-state index is 11.2. The first-order chi connectivity index (χ1) is 7.13. The topological polar surface area (TPSA) is 84.2 Å². The van der Waals surface area contributed by atoms with Gasteiger partial charge in [-0.05, 0) is 12.1 Å². The van der Waals surface area contributed by atoms with Gasteiger partial charge in [0.25, 0.3) is 0 Å². The molecule has 1 aromatic carbocycles. The Kier molecular flexibility index (Phi) is 3.68. The van der Waals surface area contributed by atoms with E-state index in [4.69, 9.17) is 5.73 Å². The van der Waals surface area contributed by atoms with E-state index in [1.165, 1.54) is 0 Å². The van der Waals surface area contributed by atoms with E-state index in [0.717, 1.165) is 0 Å². The highest BCUT2D eigenvalue weighted by Gasteiger charge is 2.05. The molecule has 0 aliphatic heterocycles. The van der Waals surface area contributed by atoms with E-state index >= 15 is 0 Å². The van der Waals surface area contributed by atoms with Crippen LogP contribution in [-0.4, -0.2) is 11.9 Å². The normalized spacial score (nSPS) is 9.40. The predicted octanol–water partition coefficient (Wildman–Crippen LogP) is 1.53. The summed E-state index contributed by atoms with van der Waals surface area (Å²) in [4.78, 5) is 21.8. The minimum atomic E-state index is -0.659. The SMILES string of the molecule is CCC(=O)Nc1ccccc1NC(N)=O. The molecule has 0 spiro atoms. The van der Waals surface area contributed by atoms with Gasteiger partial charge >= 0.3 is 6.03 Å². The molecule has 1 rings (SSSR count). The third kappa shape index (κ3) is 3.30. The lowest BCUT2D eigenvalue weighted by atomic mass is 10.2. The number of para-hydroxylation sites is 2. The van der Waals surface area contributed by atoms with Gasteiger partial charge in [-0.1, -0.05) is 19.1 Å². The Labute approximate surface area is 87.7 Å². The number of benzene rings is 1. The Morgan fingerprint density at radius 3 is 2.20 bits per heavy atom. The molecule has 5 nitrogen and oxygen atoms in total. The summed E-state index contributed by atoms with van der Waals surface area (Å²) in [6.45, 7) is 1.75. The molecule has 0 fully saturated rings. The van der Waals surface area contributed by atoms with Crippen molar-refractivity contribution >= 4 is 23.3 Å². The van der Waals surface area contributed by atoms with Gasteiger partial charge in [0.15, 0.2) is 0 Å². The molecule has 0 aromatic heterocycles. The van der Waals surface area contributed by atoms with Gasteiger partial charge in [0.05, 0.1) is 11.4 Å². The van der Waals surface area contributed by atoms with Crippen molar-refractivity contribution in [3.8, 4) is 0 Å². The van der Waals surface area contributed by atoms with Crippen LogP contribution in [0.25, 0.3) is 0 Å². The molecule has 0 heterocycles. The summed E-state index contributed by atoms with van der Waals surface area (Å²) in [6, 6.07) is 6.20. The lowest BCUT2D eigenvalue weighted by Gasteiger charge is -2.09. The van der Waals surface area contributed by atoms with Crippen molar-refractivity contribution in [2.24, 2.45) is 5.73 Å². The third-order valence-electron chi connectivity index (χ3n) is 1.78. The number of carbonyl (C=O) groups is 2. The van der Waals surface area contributed by atoms with E-state index in [1.807, 2.05) is 0 Å². The molecule has 0 saturated carbocycles. The maximum atomic E-state index is 11.2. The van der Waals surface area contributed by atoms with Crippen molar-refractivity contribution in [2.45, 2.75) is 13.3 Å². The number of carbonyl (C=O) groups excluding carboxylic acids is 2. The number of amides is 3. The Bertz CT molecular complexity index is 377. The number of rotatable bonds is 3. The highest BCUT2D eigenvalue weighted by Crippen LogP contribution is 2.20. The molecule has 0 atom stereocenters. The fourth-order valence-electron chi connectivity index (χ4n) is 1.07. The van der Waals surface area contributed by atoms with Crippen LogP contribution in [-0.2, 0) is 4.79 Å². The number of urea groups is 1. The molecule has 0 aliphatic rings. The second kappa shape index (κ2) is 4.99. The number of nitrogens with one attached hydrogen (secondary N) is 2. The monoisotopic (exact) mass is 207 g/mol. The highest BCUT2D eigenvalue weighted by atomic mass is 16.2. The zero-order valence-corrected chi connectivity index (χ0v) is 8.41. The molecular weight excluding hydrogens is 194 g/mol. The average Bonchev–Trinajstić information content (AvgIpc) is 2.20. The zero-order valence-electron chi connectivity index (χ0n) is 8.41. The molecule has 0 bridgehead atoms. The van der Waals surface area contributed by atoms with Gasteiger partial charge in [0, 0.05) is 6.42 Å². The van der Waals surface area contributed by atoms with Crippen LogP contribution in [0.3, 0.4) is 0 Å². The summed E-state index contributed by atoms with van der Waals surface area (Å²) < 4.78 is 0. The van der Waals surface area contributed by atoms with Crippen molar-refractivity contribution in [3.05, 3.63) is 24.3 Å². The van der Waals surface area contributed by atoms with E-state index in [-0.39, 0.29) is 5.91 Å². The Morgan fingerprint density at radius 2 is 1.73 bits per heavy atom. The van der Waals surface area contributed by atoms with E-state index in [2.05, 4.69) is 10.6 Å². The summed E-state index contributed by atoms with van der Waals surface area (Å²) in [6.07, 6.45) is 0.380. The van der Waals surface area contributed by atoms with Crippen LogP contribution in [0, 0.1) is 0 Å². The number of primary amides is 1. The van der Waals surface area contributed by atoms with Gasteiger partial charge in [0.1, 0.15) is 0 Å². The van der Waals surface area contributed by atoms with Crippen LogP contribution in [0.4, 0.5) is 16.2 Å². The van der Waals surface area contributed by atoms with Crippen LogP contribution in [0.15, 0.2) is 24.3 Å². The van der Waals surface area contributed by atoms with E-state index < -0.39 is 6.03 Å². The van der Waals surface area contributed by atoms with Crippen LogP contribution in [0.1, 0.15) is 13.3 Å². The zero-order chi connectivity index (χ0) is 11.3. The number of hydrogen-bond acceptors (Lipinski definition) is 2. The molecule has 15 heavy (non-hydrogen) atoms. The highest BCUT2D eigenvalue weighted by molar-refractivity contribution is 5.98. The molecule has 4 N–H and O–H groups in total. The van der Waals surface area contributed by atoms with Gasteiger partial charge in [-0.25, -0.2) is 4.79 Å². The van der Waals surface area contributed by atoms with Crippen molar-refractivity contribution in [2.75, 3.05) is 10.6 Å². The Morgan fingerprint density at radius 1 is 1.20 bits per heavy atom. The minimum absolute atomic E-state index is 0.117. The molecule has 0 unspecified atom stereocenters. The largest absolute Gasteiger partial charge is 0.351 e. The van der Waals surface area contributed by atoms with Gasteiger partial charge < -0.3 is 16.4 Å². The minimum Gasteiger partial charge on any atom is -0.351 e. The summed E-state index contributed by atoms with van der Waals surface area (Å²) in [5.74, 6) is -0.117. The van der Waals surface area contributed by atoms with Gasteiger partial charge in [0.2, 0.25) is 5.91 Å². The van der Waals surface area contributed by atoms with Crippen molar-refractivity contribution in [3.63, 3.8) is 0 Å². The summed E-state index contributed by atoms with van der Waals surface area (Å²) in [5.41, 5.74) is 6.03. The lowest BCUT2D eigenvalue weighted by molar-refractivity contribution is -0.115. The van der Waals surface area contributed by atoms with Crippen LogP contribution >= 0.6 is 0 Å². The fraction of sp³-hybridized carbons (Fsp3) is 0.200. The number of nitrogens with two attached hydrogens (primary N) is 1. The van der Waals surface area contributed by atoms with Gasteiger partial charge in [-0.3, -0.25) is 4.79 Å². The molecule has 0 aliphatic carbocycles. The average molecular weight is 207 g/mol. The molecule has 0 radical (unpaired) electrons. The van der Waals surface area contributed by atoms with Crippen molar-refractivity contribution in [1.82, 2.24) is 0 Å². The summed E-state index contributed by atoms with van der Waals surface area (Å²) in [5, 5.41) is 5.08. The first kappa shape index (κ1) is 11.0. The molecule has 0 saturated heterocycles. The summed E-state index contributed by atoms with van der Waals surface area (Å²) >= 11 is 0. The maximum Gasteiger partial charge on any atom is 0.316 e. The van der Waals surface area contributed by atoms with E-state index in [1.54, 1.807) is 31.2 Å². The standard InChI is InChI=1S/C10H13N3O2/c1-2-9(14)12-7-5-3-4-6-8(7)13-10(11)15/h3-6H,2H2,1H3,(H,12,14)(H3,11,13,15). The smallest absolute Gasteiger partial charge is 0.316 e. The van der Waals surface area contributed by atoms with Crippen molar-refractivity contribution < 1.29 is 9.59 Å². The molecular formula is C10H13N3O2. The van der Waals surface area contributed by atoms with Crippen LogP contribution in [0.5, 0.6) is 0 Å². The Balaban J connectivity index is 2.85. The van der Waals surface area contributed by atoms with Crippen LogP contribution < -0.4 is 16.4 Å². The first-order valence-corrected chi connectivity index (χ1v) is 4.58. The Hall–Kier alpha value is -2.04. The van der Waals surface area contributed by atoms with Crippen LogP contribution in [0.2, 0.25) is 0 Å². The first-order valence-electron chi connectivity index (χ1n) is 4.58. The number of hydrogen-bond donors (Lipinski definition) is 3. The summed E-state index contributed by atoms with van der Waals surface area (Å²) in [7, 11) is 0. The lowest BCUT2D eigenvalue weighted by Crippen LogP contribution is -2.21. The number of anilines is 2. The van der Waals surface area contributed by atoms with E-state index in [0.29, 0.717) is 17.8 Å². The second-order valence-corrected chi connectivity index (χ2v) is 2.94.